The molecule has 4 rings (SSSR count). The van der Waals surface area contributed by atoms with E-state index in [0.29, 0.717) is 37.0 Å². The van der Waals surface area contributed by atoms with Gasteiger partial charge in [0, 0.05) is 28.6 Å². The van der Waals surface area contributed by atoms with E-state index in [0.717, 1.165) is 10.4 Å². The first kappa shape index (κ1) is 19.0. The number of hydrogen-bond acceptors (Lipinski definition) is 5. The molecule has 1 fully saturated rings. The third-order valence-electron chi connectivity index (χ3n) is 5.56. The summed E-state index contributed by atoms with van der Waals surface area (Å²) in [6, 6.07) is 9.18. The predicted octanol–water partition coefficient (Wildman–Crippen LogP) is 4.25. The van der Waals surface area contributed by atoms with E-state index in [1.54, 1.807) is 34.1 Å². The monoisotopic (exact) mass is 400 g/mol. The number of rotatable bonds is 4. The lowest BCUT2D eigenvalue weighted by Crippen LogP contribution is -2.35. The van der Waals surface area contributed by atoms with Crippen LogP contribution in [-0.2, 0) is 10.4 Å². The van der Waals surface area contributed by atoms with Crippen LogP contribution in [0.15, 0.2) is 44.9 Å². The summed E-state index contributed by atoms with van der Waals surface area (Å²) in [5.41, 5.74) is 0.984. The lowest BCUT2D eigenvalue weighted by molar-refractivity contribution is -0.122. The summed E-state index contributed by atoms with van der Waals surface area (Å²) in [7, 11) is 0. The van der Waals surface area contributed by atoms with Crippen molar-refractivity contribution in [3.63, 3.8) is 0 Å². The van der Waals surface area contributed by atoms with E-state index in [2.05, 4.69) is 5.32 Å². The molecule has 1 aliphatic carbocycles. The normalized spacial score (nSPS) is 22.6. The number of hydrogen-bond donors (Lipinski definition) is 2. The summed E-state index contributed by atoms with van der Waals surface area (Å²) in [4.78, 5) is 25.7. The number of aliphatic hydroxyl groups is 1. The number of benzene rings is 1. The molecule has 1 amide bonds. The summed E-state index contributed by atoms with van der Waals surface area (Å²) in [5, 5.41) is 15.7. The van der Waals surface area contributed by atoms with Crippen molar-refractivity contribution in [1.29, 1.82) is 0 Å². The van der Waals surface area contributed by atoms with Crippen molar-refractivity contribution < 1.29 is 14.3 Å². The Bertz CT molecular complexity index is 1040. The lowest BCUT2D eigenvalue weighted by Gasteiger charge is -2.34. The fourth-order valence-electron chi connectivity index (χ4n) is 3.99. The highest BCUT2D eigenvalue weighted by Gasteiger charge is 2.37. The molecule has 1 aliphatic rings. The second kappa shape index (κ2) is 7.22. The zero-order valence-corrected chi connectivity index (χ0v) is 16.8. The van der Waals surface area contributed by atoms with Gasteiger partial charge in [-0.25, -0.2) is 4.79 Å². The van der Waals surface area contributed by atoms with Crippen LogP contribution in [-0.4, -0.2) is 15.6 Å². The van der Waals surface area contributed by atoms with Gasteiger partial charge in [-0.1, -0.05) is 6.07 Å². The number of aromatic nitrogens is 1. The Labute approximate surface area is 166 Å². The van der Waals surface area contributed by atoms with Gasteiger partial charge in [0.15, 0.2) is 5.58 Å². The highest BCUT2D eigenvalue weighted by Crippen LogP contribution is 2.41. The Morgan fingerprint density at radius 1 is 1.32 bits per heavy atom. The van der Waals surface area contributed by atoms with Gasteiger partial charge in [0.2, 0.25) is 5.91 Å². The van der Waals surface area contributed by atoms with Crippen molar-refractivity contribution in [2.45, 2.75) is 51.2 Å². The average molecular weight is 401 g/mol. The number of amides is 1. The Balaban J connectivity index is 1.45. The Hall–Kier alpha value is -2.38. The van der Waals surface area contributed by atoms with Crippen molar-refractivity contribution in [3.8, 4) is 0 Å². The molecule has 0 radical (unpaired) electrons. The molecule has 3 aromatic rings. The molecule has 0 aliphatic heterocycles. The van der Waals surface area contributed by atoms with E-state index in [4.69, 9.17) is 4.42 Å². The molecule has 7 heteroatoms. The summed E-state index contributed by atoms with van der Waals surface area (Å²) < 4.78 is 6.91. The average Bonchev–Trinajstić information content (AvgIpc) is 3.29. The third-order valence-corrected chi connectivity index (χ3v) is 6.62. The number of carbonyl (C=O) groups is 1. The van der Waals surface area contributed by atoms with Crippen LogP contribution in [0.2, 0.25) is 0 Å². The lowest BCUT2D eigenvalue weighted by atomic mass is 9.77. The highest BCUT2D eigenvalue weighted by molar-refractivity contribution is 7.10. The number of thiophene rings is 1. The zero-order chi connectivity index (χ0) is 19.9. The summed E-state index contributed by atoms with van der Waals surface area (Å²) in [5.74, 6) is -0.588. The Morgan fingerprint density at radius 3 is 2.71 bits per heavy atom. The molecule has 2 aromatic heterocycles. The van der Waals surface area contributed by atoms with Crippen LogP contribution in [0, 0.1) is 5.92 Å². The Morgan fingerprint density at radius 2 is 2.07 bits per heavy atom. The number of fused-ring (bicyclic) bond motifs is 1. The fraction of sp³-hybridized carbons (Fsp3) is 0.429. The van der Waals surface area contributed by atoms with Gasteiger partial charge < -0.3 is 14.8 Å². The minimum absolute atomic E-state index is 0.00137. The molecule has 1 aromatic carbocycles. The van der Waals surface area contributed by atoms with Crippen molar-refractivity contribution in [3.05, 3.63) is 51.1 Å². The molecular formula is C21H24N2O4S. The number of oxazole rings is 1. The van der Waals surface area contributed by atoms with Crippen LogP contribution in [0.4, 0.5) is 5.69 Å². The maximum atomic E-state index is 12.7. The van der Waals surface area contributed by atoms with Gasteiger partial charge >= 0.3 is 5.76 Å². The molecule has 148 valence electrons. The molecule has 6 nitrogen and oxygen atoms in total. The first-order valence-corrected chi connectivity index (χ1v) is 10.5. The molecule has 2 N–H and O–H groups in total. The first-order chi connectivity index (χ1) is 13.4. The Kier molecular flexibility index (Phi) is 4.89. The predicted molar refractivity (Wildman–Crippen MR) is 110 cm³/mol. The second-order valence-electron chi connectivity index (χ2n) is 7.79. The van der Waals surface area contributed by atoms with Crippen LogP contribution in [0.5, 0.6) is 0 Å². The molecule has 0 bridgehead atoms. The minimum Gasteiger partial charge on any atom is -0.408 e. The molecule has 1 saturated carbocycles. The van der Waals surface area contributed by atoms with E-state index in [-0.39, 0.29) is 17.9 Å². The van der Waals surface area contributed by atoms with Crippen LogP contribution in [0.3, 0.4) is 0 Å². The molecule has 0 spiro atoms. The van der Waals surface area contributed by atoms with E-state index in [9.17, 15) is 14.7 Å². The minimum atomic E-state index is -0.812. The summed E-state index contributed by atoms with van der Waals surface area (Å²) in [6.45, 7) is 3.85. The van der Waals surface area contributed by atoms with Gasteiger partial charge in [-0.15, -0.1) is 11.3 Å². The number of carbonyl (C=O) groups excluding carboxylic acids is 1. The first-order valence-electron chi connectivity index (χ1n) is 9.60. The maximum absolute atomic E-state index is 12.7. The van der Waals surface area contributed by atoms with E-state index in [1.165, 1.54) is 0 Å². The molecule has 2 heterocycles. The van der Waals surface area contributed by atoms with Crippen molar-refractivity contribution in [2.24, 2.45) is 5.92 Å². The van der Waals surface area contributed by atoms with Gasteiger partial charge in [0.05, 0.1) is 11.1 Å². The van der Waals surface area contributed by atoms with Crippen LogP contribution in [0.25, 0.3) is 11.1 Å². The smallest absolute Gasteiger partial charge is 0.408 e. The van der Waals surface area contributed by atoms with Crippen molar-refractivity contribution in [2.75, 3.05) is 5.32 Å². The van der Waals surface area contributed by atoms with Gasteiger partial charge in [-0.05, 0) is 63.1 Å². The van der Waals surface area contributed by atoms with Crippen molar-refractivity contribution in [1.82, 2.24) is 4.57 Å². The van der Waals surface area contributed by atoms with E-state index in [1.807, 2.05) is 31.4 Å². The van der Waals surface area contributed by atoms with Gasteiger partial charge in [-0.2, -0.15) is 0 Å². The molecule has 28 heavy (non-hydrogen) atoms. The molecule has 0 unspecified atom stereocenters. The van der Waals surface area contributed by atoms with Gasteiger partial charge in [0.25, 0.3) is 0 Å². The molecule has 0 saturated heterocycles. The third kappa shape index (κ3) is 3.40. The van der Waals surface area contributed by atoms with E-state index < -0.39 is 11.4 Å². The van der Waals surface area contributed by atoms with E-state index >= 15 is 0 Å². The number of nitrogens with zero attached hydrogens (tertiary/aromatic N) is 1. The van der Waals surface area contributed by atoms with Gasteiger partial charge in [-0.3, -0.25) is 9.36 Å². The summed E-state index contributed by atoms with van der Waals surface area (Å²) in [6.07, 6.45) is 2.44. The summed E-state index contributed by atoms with van der Waals surface area (Å²) >= 11 is 1.56. The quantitative estimate of drug-likeness (QED) is 0.686. The topological polar surface area (TPSA) is 84.5 Å². The molecular weight excluding hydrogens is 376 g/mol. The number of nitrogens with one attached hydrogen (secondary N) is 1. The maximum Gasteiger partial charge on any atom is 0.420 e. The van der Waals surface area contributed by atoms with Crippen LogP contribution in [0.1, 0.15) is 50.4 Å². The molecule has 0 atom stereocenters. The van der Waals surface area contributed by atoms with Crippen molar-refractivity contribution >= 4 is 34.0 Å². The van der Waals surface area contributed by atoms with Gasteiger partial charge in [0.1, 0.15) is 0 Å². The highest BCUT2D eigenvalue weighted by atomic mass is 32.1. The standard InChI is InChI=1S/C21H24N2O4S/c1-13(2)23-16-6-5-15(12-17(16)27-20(23)25)22-19(24)14-7-9-21(26,10-8-14)18-4-3-11-28-18/h3-6,11-14,26H,7-10H2,1-2H3,(H,22,24). The van der Waals surface area contributed by atoms with Crippen LogP contribution >= 0.6 is 11.3 Å². The largest absolute Gasteiger partial charge is 0.420 e. The number of anilines is 1. The fourth-order valence-corrected chi connectivity index (χ4v) is 4.88. The SMILES string of the molecule is CC(C)n1c(=O)oc2cc(NC(=O)C3CCC(O)(c4cccs4)CC3)ccc21. The zero-order valence-electron chi connectivity index (χ0n) is 16.0. The van der Waals surface area contributed by atoms with Crippen LogP contribution < -0.4 is 11.1 Å². The second-order valence-corrected chi connectivity index (χ2v) is 8.73.